The molecule has 3 atom stereocenters. The van der Waals surface area contributed by atoms with E-state index in [9.17, 15) is 0 Å². The number of hydrogen-bond donors (Lipinski definition) is 1. The Balaban J connectivity index is 1.97. The number of rotatable bonds is 5. The molecule has 0 aliphatic carbocycles. The summed E-state index contributed by atoms with van der Waals surface area (Å²) in [6, 6.07) is -0.360. The second-order valence-corrected chi connectivity index (χ2v) is 5.04. The first-order valence-corrected chi connectivity index (χ1v) is 6.40. The molecule has 0 bridgehead atoms. The molecule has 0 aromatic carbocycles. The molecule has 2 rings (SSSR count). The van der Waals surface area contributed by atoms with E-state index in [1.165, 1.54) is 0 Å². The summed E-state index contributed by atoms with van der Waals surface area (Å²) in [6.45, 7) is 7.16. The predicted octanol–water partition coefficient (Wildman–Crippen LogP) is 1.59. The van der Waals surface area contributed by atoms with Gasteiger partial charge >= 0.3 is 0 Å². The Labute approximate surface area is 107 Å². The fourth-order valence-electron chi connectivity index (χ4n) is 1.90. The molecule has 0 radical (unpaired) electrons. The molecule has 0 saturated carbocycles. The highest BCUT2D eigenvalue weighted by molar-refractivity contribution is 4.97. The molecule has 1 aliphatic heterocycles. The Morgan fingerprint density at radius 2 is 2.28 bits per heavy atom. The van der Waals surface area contributed by atoms with Crippen molar-refractivity contribution in [1.29, 1.82) is 0 Å². The van der Waals surface area contributed by atoms with E-state index < -0.39 is 0 Å². The summed E-state index contributed by atoms with van der Waals surface area (Å²) in [5.74, 6) is 1.41. The van der Waals surface area contributed by atoms with Gasteiger partial charge < -0.3 is 19.7 Å². The van der Waals surface area contributed by atoms with Crippen molar-refractivity contribution >= 4 is 0 Å². The van der Waals surface area contributed by atoms with E-state index in [0.29, 0.717) is 24.2 Å². The molecule has 0 spiro atoms. The normalized spacial score (nSPS) is 25.8. The van der Waals surface area contributed by atoms with Gasteiger partial charge in [0.2, 0.25) is 0 Å². The minimum absolute atomic E-state index is 0.0931. The standard InChI is InChI=1S/C12H21N3O3/c1-7(2)17-6-9(13)11-14-12(18-15-11)10-8(3)4-5-16-10/h7-10H,4-6,13H2,1-3H3. The smallest absolute Gasteiger partial charge is 0.256 e. The molecule has 3 unspecified atom stereocenters. The van der Waals surface area contributed by atoms with Crippen LogP contribution in [0, 0.1) is 5.92 Å². The van der Waals surface area contributed by atoms with Crippen LogP contribution in [0.25, 0.3) is 0 Å². The fourth-order valence-corrected chi connectivity index (χ4v) is 1.90. The molecule has 0 amide bonds. The second kappa shape index (κ2) is 5.77. The third kappa shape index (κ3) is 3.07. The van der Waals surface area contributed by atoms with E-state index in [-0.39, 0.29) is 18.2 Å². The third-order valence-electron chi connectivity index (χ3n) is 3.03. The van der Waals surface area contributed by atoms with Crippen molar-refractivity contribution in [1.82, 2.24) is 10.1 Å². The lowest BCUT2D eigenvalue weighted by atomic mass is 10.0. The summed E-state index contributed by atoms with van der Waals surface area (Å²) in [7, 11) is 0. The zero-order chi connectivity index (χ0) is 13.1. The predicted molar refractivity (Wildman–Crippen MR) is 64.8 cm³/mol. The number of nitrogens with two attached hydrogens (primary N) is 1. The van der Waals surface area contributed by atoms with Gasteiger partial charge in [-0.05, 0) is 26.2 Å². The van der Waals surface area contributed by atoms with Gasteiger partial charge in [-0.1, -0.05) is 12.1 Å². The highest BCUT2D eigenvalue weighted by Gasteiger charge is 2.31. The molecule has 6 nitrogen and oxygen atoms in total. The first-order valence-electron chi connectivity index (χ1n) is 6.40. The molecule has 1 fully saturated rings. The van der Waals surface area contributed by atoms with Crippen LogP contribution in [0.1, 0.15) is 51.1 Å². The molecule has 1 aromatic rings. The highest BCUT2D eigenvalue weighted by atomic mass is 16.5. The minimum Gasteiger partial charge on any atom is -0.377 e. The zero-order valence-corrected chi connectivity index (χ0v) is 11.1. The van der Waals surface area contributed by atoms with Gasteiger partial charge in [-0.3, -0.25) is 0 Å². The van der Waals surface area contributed by atoms with Crippen molar-refractivity contribution in [3.05, 3.63) is 11.7 Å². The summed E-state index contributed by atoms with van der Waals surface area (Å²) in [4.78, 5) is 4.31. The van der Waals surface area contributed by atoms with Crippen LogP contribution in [0.5, 0.6) is 0 Å². The average Bonchev–Trinajstić information content (AvgIpc) is 2.93. The summed E-state index contributed by atoms with van der Waals surface area (Å²) < 4.78 is 16.2. The number of hydrogen-bond acceptors (Lipinski definition) is 6. The molecule has 2 N–H and O–H groups in total. The molecular weight excluding hydrogens is 234 g/mol. The maximum atomic E-state index is 5.94. The second-order valence-electron chi connectivity index (χ2n) is 5.04. The maximum absolute atomic E-state index is 5.94. The van der Waals surface area contributed by atoms with Crippen LogP contribution in [0.2, 0.25) is 0 Å². The van der Waals surface area contributed by atoms with E-state index in [2.05, 4.69) is 17.1 Å². The third-order valence-corrected chi connectivity index (χ3v) is 3.03. The van der Waals surface area contributed by atoms with Gasteiger partial charge in [-0.2, -0.15) is 4.98 Å². The molecule has 1 aliphatic rings. The van der Waals surface area contributed by atoms with Crippen LogP contribution in [0.15, 0.2) is 4.52 Å². The highest BCUT2D eigenvalue weighted by Crippen LogP contribution is 2.33. The molecular formula is C12H21N3O3. The fraction of sp³-hybridized carbons (Fsp3) is 0.833. The number of aromatic nitrogens is 2. The maximum Gasteiger partial charge on any atom is 0.256 e. The summed E-state index contributed by atoms with van der Waals surface area (Å²) >= 11 is 0. The average molecular weight is 255 g/mol. The zero-order valence-electron chi connectivity index (χ0n) is 11.1. The molecule has 2 heterocycles. The Kier molecular flexibility index (Phi) is 4.31. The van der Waals surface area contributed by atoms with E-state index in [1.807, 2.05) is 13.8 Å². The van der Waals surface area contributed by atoms with E-state index >= 15 is 0 Å². The van der Waals surface area contributed by atoms with Gasteiger partial charge in [0.15, 0.2) is 5.82 Å². The Morgan fingerprint density at radius 1 is 1.50 bits per heavy atom. The van der Waals surface area contributed by atoms with E-state index in [0.717, 1.165) is 13.0 Å². The van der Waals surface area contributed by atoms with Crippen LogP contribution in [0.4, 0.5) is 0 Å². The summed E-state index contributed by atoms with van der Waals surface area (Å²) in [5.41, 5.74) is 5.94. The quantitative estimate of drug-likeness (QED) is 0.860. The van der Waals surface area contributed by atoms with Crippen molar-refractivity contribution < 1.29 is 14.0 Å². The van der Waals surface area contributed by atoms with E-state index in [4.69, 9.17) is 19.7 Å². The van der Waals surface area contributed by atoms with Crippen LogP contribution >= 0.6 is 0 Å². The molecule has 18 heavy (non-hydrogen) atoms. The lowest BCUT2D eigenvalue weighted by molar-refractivity contribution is 0.0655. The largest absolute Gasteiger partial charge is 0.377 e. The summed E-state index contributed by atoms with van der Waals surface area (Å²) in [5, 5.41) is 3.90. The lowest BCUT2D eigenvalue weighted by Crippen LogP contribution is -2.21. The number of ether oxygens (including phenoxy) is 2. The van der Waals surface area contributed by atoms with Crippen molar-refractivity contribution in [3.8, 4) is 0 Å². The van der Waals surface area contributed by atoms with Crippen LogP contribution in [-0.4, -0.2) is 29.5 Å². The van der Waals surface area contributed by atoms with Gasteiger partial charge in [0.05, 0.1) is 18.8 Å². The van der Waals surface area contributed by atoms with Crippen LogP contribution in [0.3, 0.4) is 0 Å². The van der Waals surface area contributed by atoms with Gasteiger partial charge in [0.1, 0.15) is 6.10 Å². The molecule has 6 heteroatoms. The SMILES string of the molecule is CC(C)OCC(N)c1noc(C2OCCC2C)n1. The van der Waals surface area contributed by atoms with Gasteiger partial charge in [-0.25, -0.2) is 0 Å². The Hall–Kier alpha value is -0.980. The van der Waals surface area contributed by atoms with Crippen LogP contribution in [-0.2, 0) is 9.47 Å². The Bertz CT molecular complexity index is 380. The van der Waals surface area contributed by atoms with Crippen molar-refractivity contribution in [2.24, 2.45) is 11.7 Å². The van der Waals surface area contributed by atoms with E-state index in [1.54, 1.807) is 0 Å². The van der Waals surface area contributed by atoms with Gasteiger partial charge in [0.25, 0.3) is 5.89 Å². The van der Waals surface area contributed by atoms with Crippen LogP contribution < -0.4 is 5.73 Å². The summed E-state index contributed by atoms with van der Waals surface area (Å²) in [6.07, 6.45) is 1.07. The Morgan fingerprint density at radius 3 is 2.89 bits per heavy atom. The molecule has 102 valence electrons. The molecule has 1 saturated heterocycles. The van der Waals surface area contributed by atoms with Crippen molar-refractivity contribution in [2.75, 3.05) is 13.2 Å². The first-order chi connectivity index (χ1) is 8.58. The van der Waals surface area contributed by atoms with Gasteiger partial charge in [-0.15, -0.1) is 0 Å². The monoisotopic (exact) mass is 255 g/mol. The van der Waals surface area contributed by atoms with Crippen molar-refractivity contribution in [3.63, 3.8) is 0 Å². The minimum atomic E-state index is -0.360. The lowest BCUT2D eigenvalue weighted by Gasteiger charge is -2.11. The number of nitrogens with zero attached hydrogens (tertiary/aromatic N) is 2. The molecule has 1 aromatic heterocycles. The first kappa shape index (κ1) is 13.5. The van der Waals surface area contributed by atoms with Gasteiger partial charge in [0, 0.05) is 6.61 Å². The van der Waals surface area contributed by atoms with Crippen molar-refractivity contribution in [2.45, 2.75) is 45.4 Å². The topological polar surface area (TPSA) is 83.4 Å².